The number of carbonyl (C=O) groups is 3. The van der Waals surface area contributed by atoms with Crippen molar-refractivity contribution in [2.24, 2.45) is 5.92 Å². The summed E-state index contributed by atoms with van der Waals surface area (Å²) < 4.78 is 5.52. The molecule has 2 N–H and O–H groups in total. The van der Waals surface area contributed by atoms with Crippen molar-refractivity contribution < 1.29 is 19.1 Å². The van der Waals surface area contributed by atoms with Crippen molar-refractivity contribution in [2.45, 2.75) is 12.8 Å². The average molecular weight is 381 g/mol. The molecule has 2 aromatic rings. The van der Waals surface area contributed by atoms with Crippen molar-refractivity contribution in [3.63, 3.8) is 0 Å². The Morgan fingerprint density at radius 1 is 1.00 bits per heavy atom. The summed E-state index contributed by atoms with van der Waals surface area (Å²) in [6.07, 6.45) is 1.87. The van der Waals surface area contributed by atoms with Gasteiger partial charge in [0.25, 0.3) is 11.8 Å². The Morgan fingerprint density at radius 2 is 1.68 bits per heavy atom. The van der Waals surface area contributed by atoms with Gasteiger partial charge in [0, 0.05) is 43.0 Å². The number of nitrogens with one attached hydrogen (secondary N) is 2. The summed E-state index contributed by atoms with van der Waals surface area (Å²) in [5.41, 5.74) is 1.65. The molecule has 0 unspecified atom stereocenters. The zero-order chi connectivity index (χ0) is 20.1. The highest BCUT2D eigenvalue weighted by molar-refractivity contribution is 5.97. The fraction of sp³-hybridized carbons (Fsp3) is 0.286. The van der Waals surface area contributed by atoms with E-state index in [0.717, 1.165) is 12.8 Å². The molecule has 0 bridgehead atoms. The normalized spacial score (nSPS) is 12.8. The number of nitrogens with zero attached hydrogens (tertiary/aromatic N) is 1. The van der Waals surface area contributed by atoms with E-state index in [4.69, 9.17) is 4.74 Å². The number of rotatable bonds is 7. The largest absolute Gasteiger partial charge is 0.484 e. The zero-order valence-electron chi connectivity index (χ0n) is 15.9. The molecule has 1 aliphatic carbocycles. The van der Waals surface area contributed by atoms with Crippen LogP contribution in [0.2, 0.25) is 0 Å². The van der Waals surface area contributed by atoms with Gasteiger partial charge in [-0.25, -0.2) is 0 Å². The van der Waals surface area contributed by atoms with Crippen LogP contribution in [0.4, 0.5) is 11.4 Å². The van der Waals surface area contributed by atoms with Crippen molar-refractivity contribution in [3.8, 4) is 5.75 Å². The fourth-order valence-corrected chi connectivity index (χ4v) is 2.59. The quantitative estimate of drug-likeness (QED) is 0.772. The van der Waals surface area contributed by atoms with Crippen molar-refractivity contribution >= 4 is 29.1 Å². The molecule has 1 saturated carbocycles. The monoisotopic (exact) mass is 381 g/mol. The molecule has 0 saturated heterocycles. The first-order chi connectivity index (χ1) is 13.4. The SMILES string of the molecule is CN(C)C(=O)c1cccc(NC(=O)COc2cccc(NC(=O)C3CC3)c2)c1. The molecule has 0 heterocycles. The molecule has 0 aromatic heterocycles. The molecule has 0 atom stereocenters. The molecule has 3 rings (SSSR count). The van der Waals surface area contributed by atoms with Gasteiger partial charge in [0.05, 0.1) is 0 Å². The molecule has 7 nitrogen and oxygen atoms in total. The number of benzene rings is 2. The van der Waals surface area contributed by atoms with E-state index in [2.05, 4.69) is 10.6 Å². The lowest BCUT2D eigenvalue weighted by atomic mass is 10.2. The Kier molecular flexibility index (Phi) is 5.93. The van der Waals surface area contributed by atoms with Gasteiger partial charge < -0.3 is 20.3 Å². The van der Waals surface area contributed by atoms with Gasteiger partial charge in [0.1, 0.15) is 5.75 Å². The molecule has 0 spiro atoms. The number of amides is 3. The van der Waals surface area contributed by atoms with Crippen LogP contribution in [0.15, 0.2) is 48.5 Å². The van der Waals surface area contributed by atoms with E-state index in [-0.39, 0.29) is 30.2 Å². The van der Waals surface area contributed by atoms with Crippen LogP contribution in [0.1, 0.15) is 23.2 Å². The van der Waals surface area contributed by atoms with Crippen LogP contribution in [0.3, 0.4) is 0 Å². The summed E-state index contributed by atoms with van der Waals surface area (Å²) in [5, 5.41) is 5.55. The smallest absolute Gasteiger partial charge is 0.262 e. The van der Waals surface area contributed by atoms with Crippen LogP contribution in [0, 0.1) is 5.92 Å². The van der Waals surface area contributed by atoms with Gasteiger partial charge >= 0.3 is 0 Å². The lowest BCUT2D eigenvalue weighted by Crippen LogP contribution is -2.23. The maximum absolute atomic E-state index is 12.2. The molecule has 2 aromatic carbocycles. The van der Waals surface area contributed by atoms with Gasteiger partial charge in [-0.3, -0.25) is 14.4 Å². The lowest BCUT2D eigenvalue weighted by molar-refractivity contribution is -0.118. The second-order valence-corrected chi connectivity index (χ2v) is 6.91. The van der Waals surface area contributed by atoms with Gasteiger partial charge in [0.2, 0.25) is 5.91 Å². The highest BCUT2D eigenvalue weighted by atomic mass is 16.5. The van der Waals surface area contributed by atoms with E-state index < -0.39 is 0 Å². The zero-order valence-corrected chi connectivity index (χ0v) is 15.9. The van der Waals surface area contributed by atoms with Crippen LogP contribution in [-0.4, -0.2) is 43.3 Å². The Balaban J connectivity index is 1.54. The molecule has 28 heavy (non-hydrogen) atoms. The summed E-state index contributed by atoms with van der Waals surface area (Å²) in [6, 6.07) is 13.7. The molecular formula is C21H23N3O4. The first kappa shape index (κ1) is 19.4. The van der Waals surface area contributed by atoms with E-state index in [0.29, 0.717) is 22.7 Å². The summed E-state index contributed by atoms with van der Waals surface area (Å²) in [6.45, 7) is -0.189. The van der Waals surface area contributed by atoms with Crippen LogP contribution in [0.25, 0.3) is 0 Å². The van der Waals surface area contributed by atoms with Crippen molar-refractivity contribution in [1.29, 1.82) is 0 Å². The summed E-state index contributed by atoms with van der Waals surface area (Å²) in [7, 11) is 3.34. The minimum Gasteiger partial charge on any atom is -0.484 e. The van der Waals surface area contributed by atoms with Crippen LogP contribution < -0.4 is 15.4 Å². The minimum absolute atomic E-state index is 0.0158. The molecule has 0 aliphatic heterocycles. The average Bonchev–Trinajstić information content (AvgIpc) is 3.51. The topological polar surface area (TPSA) is 87.7 Å². The molecule has 7 heteroatoms. The molecular weight excluding hydrogens is 358 g/mol. The Morgan fingerprint density at radius 3 is 2.36 bits per heavy atom. The Labute approximate surface area is 163 Å². The van der Waals surface area contributed by atoms with Crippen LogP contribution in [0.5, 0.6) is 5.75 Å². The molecule has 1 aliphatic rings. The summed E-state index contributed by atoms with van der Waals surface area (Å²) >= 11 is 0. The highest BCUT2D eigenvalue weighted by Gasteiger charge is 2.29. The van der Waals surface area contributed by atoms with E-state index in [1.807, 2.05) is 0 Å². The van der Waals surface area contributed by atoms with E-state index in [9.17, 15) is 14.4 Å². The summed E-state index contributed by atoms with van der Waals surface area (Å²) in [4.78, 5) is 37.5. The molecule has 1 fully saturated rings. The van der Waals surface area contributed by atoms with Gasteiger partial charge in [-0.05, 0) is 43.2 Å². The third-order valence-electron chi connectivity index (χ3n) is 4.22. The minimum atomic E-state index is -0.345. The standard InChI is InChI=1S/C21H23N3O4/c1-24(2)21(27)15-5-3-6-16(11-15)22-19(25)13-28-18-8-4-7-17(12-18)23-20(26)14-9-10-14/h3-8,11-12,14H,9-10,13H2,1-2H3,(H,22,25)(H,23,26). The number of carbonyl (C=O) groups excluding carboxylic acids is 3. The number of hydrogen-bond donors (Lipinski definition) is 2. The van der Waals surface area contributed by atoms with E-state index >= 15 is 0 Å². The second kappa shape index (κ2) is 8.56. The van der Waals surface area contributed by atoms with Gasteiger partial charge in [-0.1, -0.05) is 12.1 Å². The number of anilines is 2. The Bertz CT molecular complexity index is 891. The highest BCUT2D eigenvalue weighted by Crippen LogP contribution is 2.30. The number of ether oxygens (including phenoxy) is 1. The van der Waals surface area contributed by atoms with Crippen LogP contribution >= 0.6 is 0 Å². The van der Waals surface area contributed by atoms with Gasteiger partial charge in [-0.2, -0.15) is 0 Å². The first-order valence-electron chi connectivity index (χ1n) is 9.07. The first-order valence-corrected chi connectivity index (χ1v) is 9.07. The molecule has 146 valence electrons. The van der Waals surface area contributed by atoms with E-state index in [1.165, 1.54) is 4.90 Å². The lowest BCUT2D eigenvalue weighted by Gasteiger charge is -2.12. The maximum atomic E-state index is 12.2. The fourth-order valence-electron chi connectivity index (χ4n) is 2.59. The van der Waals surface area contributed by atoms with E-state index in [1.54, 1.807) is 62.6 Å². The molecule has 0 radical (unpaired) electrons. The Hall–Kier alpha value is -3.35. The van der Waals surface area contributed by atoms with Crippen molar-refractivity contribution in [2.75, 3.05) is 31.3 Å². The maximum Gasteiger partial charge on any atom is 0.262 e. The van der Waals surface area contributed by atoms with Gasteiger partial charge in [-0.15, -0.1) is 0 Å². The number of hydrogen-bond acceptors (Lipinski definition) is 4. The van der Waals surface area contributed by atoms with Crippen LogP contribution in [-0.2, 0) is 9.59 Å². The van der Waals surface area contributed by atoms with Crippen molar-refractivity contribution in [1.82, 2.24) is 4.90 Å². The van der Waals surface area contributed by atoms with Gasteiger partial charge in [0.15, 0.2) is 6.61 Å². The third-order valence-corrected chi connectivity index (χ3v) is 4.22. The predicted octanol–water partition coefficient (Wildman–Crippen LogP) is 2.75. The predicted molar refractivity (Wildman–Crippen MR) is 106 cm³/mol. The molecule has 3 amide bonds. The van der Waals surface area contributed by atoms with Crippen molar-refractivity contribution in [3.05, 3.63) is 54.1 Å². The second-order valence-electron chi connectivity index (χ2n) is 6.91. The summed E-state index contributed by atoms with van der Waals surface area (Å²) in [5.74, 6) is 0.132. The third kappa shape index (κ3) is 5.33.